The predicted octanol–water partition coefficient (Wildman–Crippen LogP) is 6.80. The second kappa shape index (κ2) is 10.1. The molecule has 1 aliphatic carbocycles. The Labute approximate surface area is 180 Å². The molecule has 2 aromatic carbocycles. The van der Waals surface area contributed by atoms with Crippen LogP contribution >= 0.6 is 0 Å². The molecule has 0 radical (unpaired) electrons. The summed E-state index contributed by atoms with van der Waals surface area (Å²) in [5.41, 5.74) is 5.28. The van der Waals surface area contributed by atoms with Gasteiger partial charge in [0.25, 0.3) is 0 Å². The molecule has 0 bridgehead atoms. The van der Waals surface area contributed by atoms with Gasteiger partial charge in [-0.1, -0.05) is 61.7 Å². The Morgan fingerprint density at radius 1 is 0.867 bits per heavy atom. The first-order valence-electron chi connectivity index (χ1n) is 11.5. The number of nitrogens with zero attached hydrogens (tertiary/aromatic N) is 2. The molecule has 2 nitrogen and oxygen atoms in total. The van der Waals surface area contributed by atoms with E-state index in [0.717, 1.165) is 32.2 Å². The van der Waals surface area contributed by atoms with E-state index in [9.17, 15) is 4.39 Å². The molecule has 1 aromatic heterocycles. The lowest BCUT2D eigenvalue weighted by Crippen LogP contribution is -2.15. The zero-order valence-corrected chi connectivity index (χ0v) is 18.1. The summed E-state index contributed by atoms with van der Waals surface area (Å²) in [6.45, 7) is 3.22. The molecule has 1 heterocycles. The summed E-state index contributed by atoms with van der Waals surface area (Å²) in [5, 5.41) is 0. The molecule has 0 amide bonds. The number of halogens is 1. The lowest BCUT2D eigenvalue weighted by atomic mass is 9.86. The summed E-state index contributed by atoms with van der Waals surface area (Å²) in [4.78, 5) is 5.03. The molecule has 1 fully saturated rings. The van der Waals surface area contributed by atoms with Crippen LogP contribution in [0.2, 0.25) is 0 Å². The third-order valence-electron chi connectivity index (χ3n) is 6.50. The van der Waals surface area contributed by atoms with Crippen LogP contribution in [0.5, 0.6) is 0 Å². The van der Waals surface area contributed by atoms with E-state index in [1.165, 1.54) is 60.4 Å². The van der Waals surface area contributed by atoms with E-state index in [1.54, 1.807) is 12.1 Å². The minimum atomic E-state index is -0.170. The fourth-order valence-electron chi connectivity index (χ4n) is 4.97. The van der Waals surface area contributed by atoms with Gasteiger partial charge in [0.15, 0.2) is 0 Å². The highest BCUT2D eigenvalue weighted by molar-refractivity contribution is 5.23. The molecule has 3 heteroatoms. The zero-order chi connectivity index (χ0) is 20.8. The third-order valence-corrected chi connectivity index (χ3v) is 6.50. The lowest BCUT2D eigenvalue weighted by Gasteiger charge is -2.24. The van der Waals surface area contributed by atoms with Gasteiger partial charge < -0.3 is 4.57 Å². The van der Waals surface area contributed by atoms with Crippen molar-refractivity contribution >= 4 is 0 Å². The Morgan fingerprint density at radius 2 is 1.57 bits per heavy atom. The van der Waals surface area contributed by atoms with Crippen molar-refractivity contribution in [2.24, 2.45) is 0 Å². The Bertz CT molecular complexity index is 922. The van der Waals surface area contributed by atoms with Crippen molar-refractivity contribution in [3.05, 3.63) is 88.8 Å². The molecule has 0 unspecified atom stereocenters. The van der Waals surface area contributed by atoms with E-state index < -0.39 is 0 Å². The maximum atomic E-state index is 13.2. The van der Waals surface area contributed by atoms with Crippen LogP contribution < -0.4 is 0 Å². The quantitative estimate of drug-likeness (QED) is 0.404. The molecule has 0 aliphatic heterocycles. The van der Waals surface area contributed by atoms with Gasteiger partial charge in [0.2, 0.25) is 0 Å². The Balaban J connectivity index is 1.52. The summed E-state index contributed by atoms with van der Waals surface area (Å²) in [6, 6.07) is 17.7. The maximum Gasteiger partial charge on any atom is 0.123 e. The number of aromatic nitrogens is 2. The van der Waals surface area contributed by atoms with Gasteiger partial charge in [0.05, 0.1) is 5.69 Å². The summed E-state index contributed by atoms with van der Waals surface area (Å²) in [5.74, 6) is 1.68. The molecule has 3 aromatic rings. The summed E-state index contributed by atoms with van der Waals surface area (Å²) >= 11 is 0. The predicted molar refractivity (Wildman–Crippen MR) is 121 cm³/mol. The Kier molecular flexibility index (Phi) is 6.99. The third kappa shape index (κ3) is 5.19. The fourth-order valence-corrected chi connectivity index (χ4v) is 4.97. The molecule has 1 saturated carbocycles. The highest BCUT2D eigenvalue weighted by Gasteiger charge is 2.24. The smallest absolute Gasteiger partial charge is 0.123 e. The summed E-state index contributed by atoms with van der Waals surface area (Å²) < 4.78 is 15.8. The van der Waals surface area contributed by atoms with Gasteiger partial charge in [-0.15, -0.1) is 0 Å². The lowest BCUT2D eigenvalue weighted by molar-refractivity contribution is 0.417. The standard InChI is InChI=1S/C27H33FN2/c1-21-27(24-12-6-3-7-13-24)30(20-8-11-22-9-4-2-5-10-22)26(29-21)19-16-23-14-17-25(28)18-15-23/h2,4-5,9-10,14-15,17-18,24H,3,6-8,11-13,16,19-20H2,1H3. The van der Waals surface area contributed by atoms with Crippen molar-refractivity contribution in [3.63, 3.8) is 0 Å². The first-order chi connectivity index (χ1) is 14.7. The van der Waals surface area contributed by atoms with Crippen LogP contribution in [-0.2, 0) is 25.8 Å². The second-order valence-electron chi connectivity index (χ2n) is 8.70. The average Bonchev–Trinajstić information content (AvgIpc) is 3.10. The number of imidazole rings is 1. The van der Waals surface area contributed by atoms with Crippen molar-refractivity contribution in [1.29, 1.82) is 0 Å². The molecule has 30 heavy (non-hydrogen) atoms. The molecule has 0 spiro atoms. The molecule has 158 valence electrons. The molecule has 0 atom stereocenters. The van der Waals surface area contributed by atoms with Gasteiger partial charge in [0, 0.05) is 24.6 Å². The van der Waals surface area contributed by atoms with E-state index in [-0.39, 0.29) is 5.82 Å². The monoisotopic (exact) mass is 404 g/mol. The molecule has 4 rings (SSSR count). The molecule has 0 N–H and O–H groups in total. The van der Waals surface area contributed by atoms with Gasteiger partial charge in [-0.3, -0.25) is 0 Å². The van der Waals surface area contributed by atoms with E-state index >= 15 is 0 Å². The van der Waals surface area contributed by atoms with Crippen molar-refractivity contribution in [2.45, 2.75) is 77.2 Å². The highest BCUT2D eigenvalue weighted by atomic mass is 19.1. The fraction of sp³-hybridized carbons (Fsp3) is 0.444. The molecule has 0 saturated heterocycles. The first kappa shape index (κ1) is 20.8. The molecular formula is C27H33FN2. The minimum Gasteiger partial charge on any atom is -0.331 e. The topological polar surface area (TPSA) is 17.8 Å². The SMILES string of the molecule is Cc1nc(CCc2ccc(F)cc2)n(CCCc2ccccc2)c1C1CCCCC1. The van der Waals surface area contributed by atoms with Crippen LogP contribution in [0.25, 0.3) is 0 Å². The van der Waals surface area contributed by atoms with Gasteiger partial charge in [-0.05, 0) is 62.3 Å². The number of rotatable bonds is 8. The number of hydrogen-bond acceptors (Lipinski definition) is 1. The van der Waals surface area contributed by atoms with Crippen LogP contribution in [-0.4, -0.2) is 9.55 Å². The number of hydrogen-bond donors (Lipinski definition) is 0. The van der Waals surface area contributed by atoms with Gasteiger partial charge in [-0.25, -0.2) is 9.37 Å². The van der Waals surface area contributed by atoms with Crippen LogP contribution in [0.4, 0.5) is 4.39 Å². The number of aryl methyl sites for hydroxylation is 4. The highest BCUT2D eigenvalue weighted by Crippen LogP contribution is 2.35. The minimum absolute atomic E-state index is 0.170. The van der Waals surface area contributed by atoms with E-state index in [0.29, 0.717) is 5.92 Å². The number of benzene rings is 2. The van der Waals surface area contributed by atoms with E-state index in [4.69, 9.17) is 4.98 Å². The maximum absolute atomic E-state index is 13.2. The van der Waals surface area contributed by atoms with Crippen molar-refractivity contribution in [1.82, 2.24) is 9.55 Å². The summed E-state index contributed by atoms with van der Waals surface area (Å²) in [7, 11) is 0. The largest absolute Gasteiger partial charge is 0.331 e. The molecule has 1 aliphatic rings. The summed E-state index contributed by atoms with van der Waals surface area (Å²) in [6.07, 6.45) is 10.7. The molecular weight excluding hydrogens is 371 g/mol. The van der Waals surface area contributed by atoms with Gasteiger partial charge in [0.1, 0.15) is 11.6 Å². The zero-order valence-electron chi connectivity index (χ0n) is 18.1. The second-order valence-corrected chi connectivity index (χ2v) is 8.70. The van der Waals surface area contributed by atoms with Crippen molar-refractivity contribution in [2.75, 3.05) is 0 Å². The Hall–Kier alpha value is -2.42. The first-order valence-corrected chi connectivity index (χ1v) is 11.5. The van der Waals surface area contributed by atoms with Crippen molar-refractivity contribution < 1.29 is 4.39 Å². The Morgan fingerprint density at radius 3 is 2.30 bits per heavy atom. The van der Waals surface area contributed by atoms with Crippen molar-refractivity contribution in [3.8, 4) is 0 Å². The van der Waals surface area contributed by atoms with Crippen LogP contribution in [0, 0.1) is 12.7 Å². The normalized spacial score (nSPS) is 14.9. The van der Waals surface area contributed by atoms with Crippen LogP contribution in [0.3, 0.4) is 0 Å². The van der Waals surface area contributed by atoms with Crippen LogP contribution in [0.1, 0.15) is 72.8 Å². The van der Waals surface area contributed by atoms with Gasteiger partial charge in [-0.2, -0.15) is 0 Å². The average molecular weight is 405 g/mol. The van der Waals surface area contributed by atoms with Gasteiger partial charge >= 0.3 is 0 Å². The van der Waals surface area contributed by atoms with E-state index in [2.05, 4.69) is 41.8 Å². The van der Waals surface area contributed by atoms with E-state index in [1.807, 2.05) is 12.1 Å². The van der Waals surface area contributed by atoms with Crippen LogP contribution in [0.15, 0.2) is 54.6 Å².